The van der Waals surface area contributed by atoms with Gasteiger partial charge in [-0.25, -0.2) is 0 Å². The van der Waals surface area contributed by atoms with Crippen LogP contribution in [0.4, 0.5) is 5.69 Å². The summed E-state index contributed by atoms with van der Waals surface area (Å²) in [5.41, 5.74) is 0.824. The molecule has 92 valence electrons. The van der Waals surface area contributed by atoms with Crippen LogP contribution in [-0.4, -0.2) is 24.5 Å². The Hall–Kier alpha value is -2.55. The van der Waals surface area contributed by atoms with Crippen molar-refractivity contribution in [3.8, 4) is 11.8 Å². The van der Waals surface area contributed by atoms with Crippen LogP contribution in [0.5, 0.6) is 5.75 Å². The lowest BCUT2D eigenvalue weighted by Crippen LogP contribution is -2.34. The number of carbonyl (C=O) groups excluding carboxylic acids is 2. The maximum absolute atomic E-state index is 11.6. The number of rotatable bonds is 2. The highest BCUT2D eigenvalue weighted by Gasteiger charge is 2.24. The van der Waals surface area contributed by atoms with E-state index in [1.165, 1.54) is 6.07 Å². The number of hydrogen-bond acceptors (Lipinski definition) is 4. The van der Waals surface area contributed by atoms with Crippen molar-refractivity contribution >= 4 is 17.5 Å². The van der Waals surface area contributed by atoms with E-state index in [-0.39, 0.29) is 18.4 Å². The van der Waals surface area contributed by atoms with E-state index in [9.17, 15) is 9.59 Å². The summed E-state index contributed by atoms with van der Waals surface area (Å²) in [6.45, 7) is 1.58. The van der Waals surface area contributed by atoms with Crippen LogP contribution < -0.4 is 15.4 Å². The molecule has 1 aliphatic heterocycles. The van der Waals surface area contributed by atoms with Crippen molar-refractivity contribution in [2.75, 3.05) is 11.9 Å². The largest absolute Gasteiger partial charge is 0.479 e. The molecule has 0 aliphatic carbocycles. The predicted octanol–water partition coefficient (Wildman–Crippen LogP) is 0.659. The van der Waals surface area contributed by atoms with Crippen molar-refractivity contribution < 1.29 is 14.3 Å². The van der Waals surface area contributed by atoms with E-state index in [1.807, 2.05) is 6.07 Å². The minimum absolute atomic E-state index is 0.0597. The van der Waals surface area contributed by atoms with Crippen LogP contribution >= 0.6 is 0 Å². The molecule has 1 aliphatic rings. The standard InChI is InChI=1S/C12H11N3O3/c1-7-11(16)15-9-6-8(2-3-10(9)18-7)12(17)14-5-4-13/h2-3,6-7H,5H2,1H3,(H,14,17)(H,15,16). The fraction of sp³-hybridized carbons (Fsp3) is 0.250. The molecule has 1 heterocycles. The maximum Gasteiger partial charge on any atom is 0.265 e. The summed E-state index contributed by atoms with van der Waals surface area (Å²) in [5, 5.41) is 13.5. The SMILES string of the molecule is CC1Oc2ccc(C(=O)NCC#N)cc2NC1=O. The lowest BCUT2D eigenvalue weighted by molar-refractivity contribution is -0.122. The van der Waals surface area contributed by atoms with E-state index in [0.29, 0.717) is 17.0 Å². The van der Waals surface area contributed by atoms with Gasteiger partial charge in [0, 0.05) is 5.56 Å². The van der Waals surface area contributed by atoms with E-state index in [2.05, 4.69) is 10.6 Å². The summed E-state index contributed by atoms with van der Waals surface area (Å²) in [6, 6.07) is 6.53. The lowest BCUT2D eigenvalue weighted by Gasteiger charge is -2.23. The number of benzene rings is 1. The first-order valence-electron chi connectivity index (χ1n) is 5.38. The Morgan fingerprint density at radius 1 is 1.61 bits per heavy atom. The zero-order valence-electron chi connectivity index (χ0n) is 9.69. The van der Waals surface area contributed by atoms with Crippen molar-refractivity contribution in [2.45, 2.75) is 13.0 Å². The zero-order chi connectivity index (χ0) is 13.1. The van der Waals surface area contributed by atoms with Gasteiger partial charge in [-0.15, -0.1) is 0 Å². The number of carbonyl (C=O) groups is 2. The Bertz CT molecular complexity index is 548. The molecule has 0 bridgehead atoms. The number of nitrogens with one attached hydrogen (secondary N) is 2. The van der Waals surface area contributed by atoms with E-state index < -0.39 is 6.10 Å². The van der Waals surface area contributed by atoms with Crippen LogP contribution in [-0.2, 0) is 4.79 Å². The third-order valence-corrected chi connectivity index (χ3v) is 2.50. The summed E-state index contributed by atoms with van der Waals surface area (Å²) < 4.78 is 5.36. The minimum atomic E-state index is -0.546. The zero-order valence-corrected chi connectivity index (χ0v) is 9.69. The molecule has 6 nitrogen and oxygen atoms in total. The molecule has 1 unspecified atom stereocenters. The molecule has 0 fully saturated rings. The molecule has 18 heavy (non-hydrogen) atoms. The van der Waals surface area contributed by atoms with Gasteiger partial charge in [0.1, 0.15) is 12.3 Å². The second-order valence-corrected chi connectivity index (χ2v) is 3.80. The van der Waals surface area contributed by atoms with Gasteiger partial charge in [-0.3, -0.25) is 9.59 Å². The predicted molar refractivity (Wildman–Crippen MR) is 63.1 cm³/mol. The van der Waals surface area contributed by atoms with Crippen molar-refractivity contribution in [1.82, 2.24) is 5.32 Å². The van der Waals surface area contributed by atoms with Gasteiger partial charge in [0.25, 0.3) is 11.8 Å². The first-order valence-corrected chi connectivity index (χ1v) is 5.38. The van der Waals surface area contributed by atoms with Gasteiger partial charge >= 0.3 is 0 Å². The van der Waals surface area contributed by atoms with Gasteiger partial charge in [0.05, 0.1) is 11.8 Å². The average molecular weight is 245 g/mol. The van der Waals surface area contributed by atoms with Crippen molar-refractivity contribution in [3.63, 3.8) is 0 Å². The summed E-state index contributed by atoms with van der Waals surface area (Å²) in [4.78, 5) is 23.0. The number of ether oxygens (including phenoxy) is 1. The van der Waals surface area contributed by atoms with Gasteiger partial charge in [-0.1, -0.05) is 0 Å². The van der Waals surface area contributed by atoms with E-state index in [0.717, 1.165) is 0 Å². The van der Waals surface area contributed by atoms with E-state index >= 15 is 0 Å². The highest BCUT2D eigenvalue weighted by molar-refractivity contribution is 6.00. The summed E-state index contributed by atoms with van der Waals surface area (Å²) in [5.74, 6) is -0.0942. The van der Waals surface area contributed by atoms with Crippen LogP contribution in [0.1, 0.15) is 17.3 Å². The molecule has 0 spiro atoms. The van der Waals surface area contributed by atoms with Crippen molar-refractivity contribution in [1.29, 1.82) is 5.26 Å². The number of fused-ring (bicyclic) bond motifs is 1. The quantitative estimate of drug-likeness (QED) is 0.749. The minimum Gasteiger partial charge on any atom is -0.479 e. The highest BCUT2D eigenvalue weighted by Crippen LogP contribution is 2.30. The van der Waals surface area contributed by atoms with Crippen LogP contribution in [0.15, 0.2) is 18.2 Å². The third kappa shape index (κ3) is 2.25. The Kier molecular flexibility index (Phi) is 3.15. The molecular formula is C12H11N3O3. The molecule has 1 aromatic carbocycles. The molecule has 2 amide bonds. The van der Waals surface area contributed by atoms with Crippen molar-refractivity contribution in [2.24, 2.45) is 0 Å². The number of hydrogen-bond donors (Lipinski definition) is 2. The molecule has 1 atom stereocenters. The number of anilines is 1. The first-order chi connectivity index (χ1) is 8.61. The van der Waals surface area contributed by atoms with Gasteiger partial charge in [0.15, 0.2) is 6.10 Å². The lowest BCUT2D eigenvalue weighted by atomic mass is 10.1. The Morgan fingerprint density at radius 3 is 3.11 bits per heavy atom. The number of amides is 2. The average Bonchev–Trinajstić information content (AvgIpc) is 2.36. The molecule has 2 rings (SSSR count). The molecule has 0 radical (unpaired) electrons. The normalized spacial score (nSPS) is 16.9. The van der Waals surface area contributed by atoms with Crippen LogP contribution in [0.2, 0.25) is 0 Å². The second kappa shape index (κ2) is 4.75. The van der Waals surface area contributed by atoms with Crippen LogP contribution in [0.25, 0.3) is 0 Å². The summed E-state index contributed by atoms with van der Waals surface area (Å²) in [6.07, 6.45) is -0.546. The number of nitriles is 1. The van der Waals surface area contributed by atoms with Crippen LogP contribution in [0.3, 0.4) is 0 Å². The van der Waals surface area contributed by atoms with Gasteiger partial charge in [0.2, 0.25) is 0 Å². The molecule has 0 aromatic heterocycles. The second-order valence-electron chi connectivity index (χ2n) is 3.80. The van der Waals surface area contributed by atoms with Gasteiger partial charge < -0.3 is 15.4 Å². The highest BCUT2D eigenvalue weighted by atomic mass is 16.5. The summed E-state index contributed by atoms with van der Waals surface area (Å²) >= 11 is 0. The number of nitrogens with zero attached hydrogens (tertiary/aromatic N) is 1. The summed E-state index contributed by atoms with van der Waals surface area (Å²) in [7, 11) is 0. The van der Waals surface area contributed by atoms with Gasteiger partial charge in [-0.05, 0) is 25.1 Å². The smallest absolute Gasteiger partial charge is 0.265 e. The Labute approximate surface area is 104 Å². The molecule has 2 N–H and O–H groups in total. The fourth-order valence-corrected chi connectivity index (χ4v) is 1.57. The molecule has 0 saturated carbocycles. The van der Waals surface area contributed by atoms with E-state index in [1.54, 1.807) is 19.1 Å². The Morgan fingerprint density at radius 2 is 2.39 bits per heavy atom. The topological polar surface area (TPSA) is 91.2 Å². The van der Waals surface area contributed by atoms with Gasteiger partial charge in [-0.2, -0.15) is 5.26 Å². The fourth-order valence-electron chi connectivity index (χ4n) is 1.57. The van der Waals surface area contributed by atoms with Crippen LogP contribution in [0, 0.1) is 11.3 Å². The molecular weight excluding hydrogens is 234 g/mol. The Balaban J connectivity index is 2.23. The third-order valence-electron chi connectivity index (χ3n) is 2.50. The molecule has 1 aromatic rings. The molecule has 6 heteroatoms. The van der Waals surface area contributed by atoms with Crippen molar-refractivity contribution in [3.05, 3.63) is 23.8 Å². The van der Waals surface area contributed by atoms with E-state index in [4.69, 9.17) is 10.00 Å². The molecule has 0 saturated heterocycles. The maximum atomic E-state index is 11.6. The first kappa shape index (κ1) is 11.9. The monoisotopic (exact) mass is 245 g/mol.